The molecule has 20 heavy (non-hydrogen) atoms. The highest BCUT2D eigenvalue weighted by Crippen LogP contribution is 2.43. The van der Waals surface area contributed by atoms with Crippen molar-refractivity contribution in [3.8, 4) is 11.1 Å². The Hall–Kier alpha value is -1.000. The fraction of sp³-hybridized carbons (Fsp3) is 0. The summed E-state index contributed by atoms with van der Waals surface area (Å²) in [4.78, 5) is 10.8. The maximum Gasteiger partial charge on any atom is 0.335 e. The van der Waals surface area contributed by atoms with Crippen molar-refractivity contribution in [3.63, 3.8) is 0 Å². The highest BCUT2D eigenvalue weighted by atomic mass is 35.5. The van der Waals surface area contributed by atoms with Gasteiger partial charge in [0, 0.05) is 11.1 Å². The van der Waals surface area contributed by atoms with Gasteiger partial charge in [0.05, 0.1) is 25.7 Å². The average Bonchev–Trinajstić information content (AvgIpc) is 2.37. The standard InChI is InChI=1S/C13H5Cl4FO2/c14-7-4-8(15)11(16)12(17)10(7)6-2-1-5(13(19)20)3-9(6)18/h1-4H,(H,19,20). The molecular formula is C13H5Cl4FO2. The molecule has 2 aromatic rings. The summed E-state index contributed by atoms with van der Waals surface area (Å²) in [6.45, 7) is 0. The van der Waals surface area contributed by atoms with Gasteiger partial charge in [0.25, 0.3) is 0 Å². The van der Waals surface area contributed by atoms with Crippen molar-refractivity contribution in [2.75, 3.05) is 0 Å². The van der Waals surface area contributed by atoms with Gasteiger partial charge in [0.2, 0.25) is 0 Å². The third-order valence-electron chi connectivity index (χ3n) is 2.60. The quantitative estimate of drug-likeness (QED) is 0.546. The minimum absolute atomic E-state index is 0.00569. The Bertz CT molecular complexity index is 716. The van der Waals surface area contributed by atoms with Gasteiger partial charge in [-0.2, -0.15) is 0 Å². The first-order chi connectivity index (χ1) is 9.32. The first-order valence-electron chi connectivity index (χ1n) is 5.19. The number of carboxylic acids is 1. The second-order valence-corrected chi connectivity index (χ2v) is 5.41. The normalized spacial score (nSPS) is 10.7. The van der Waals surface area contributed by atoms with Gasteiger partial charge in [-0.1, -0.05) is 52.5 Å². The molecule has 0 saturated heterocycles. The van der Waals surface area contributed by atoms with Crippen LogP contribution in [0.3, 0.4) is 0 Å². The lowest BCUT2D eigenvalue weighted by Crippen LogP contribution is -1.98. The highest BCUT2D eigenvalue weighted by Gasteiger charge is 2.19. The zero-order valence-corrected chi connectivity index (χ0v) is 12.6. The molecule has 1 N–H and O–H groups in total. The smallest absolute Gasteiger partial charge is 0.335 e. The van der Waals surface area contributed by atoms with E-state index in [1.807, 2.05) is 0 Å². The van der Waals surface area contributed by atoms with Crippen molar-refractivity contribution in [1.82, 2.24) is 0 Å². The Labute approximate surface area is 133 Å². The van der Waals surface area contributed by atoms with E-state index >= 15 is 0 Å². The molecule has 2 aromatic carbocycles. The number of carboxylic acid groups (broad SMARTS) is 1. The van der Waals surface area contributed by atoms with E-state index in [4.69, 9.17) is 51.5 Å². The molecule has 0 fully saturated rings. The molecule has 2 nitrogen and oxygen atoms in total. The lowest BCUT2D eigenvalue weighted by Gasteiger charge is -2.11. The van der Waals surface area contributed by atoms with E-state index in [0.29, 0.717) is 0 Å². The molecule has 2 rings (SSSR count). The predicted molar refractivity (Wildman–Crippen MR) is 78.8 cm³/mol. The summed E-state index contributed by atoms with van der Waals surface area (Å²) < 4.78 is 14.0. The van der Waals surface area contributed by atoms with Crippen molar-refractivity contribution in [3.05, 3.63) is 55.7 Å². The van der Waals surface area contributed by atoms with Gasteiger partial charge in [-0.25, -0.2) is 9.18 Å². The molecule has 0 aliphatic rings. The highest BCUT2D eigenvalue weighted by molar-refractivity contribution is 6.51. The molecule has 0 spiro atoms. The number of halogens is 5. The SMILES string of the molecule is O=C(O)c1ccc(-c2c(Cl)cc(Cl)c(Cl)c2Cl)c(F)c1. The van der Waals surface area contributed by atoms with E-state index in [-0.39, 0.29) is 36.8 Å². The van der Waals surface area contributed by atoms with Crippen LogP contribution in [0.1, 0.15) is 10.4 Å². The van der Waals surface area contributed by atoms with Crippen LogP contribution in [0.25, 0.3) is 11.1 Å². The van der Waals surface area contributed by atoms with E-state index < -0.39 is 11.8 Å². The molecule has 0 saturated carbocycles. The summed E-state index contributed by atoms with van der Waals surface area (Å²) in [6.07, 6.45) is 0. The average molecular weight is 354 g/mol. The summed E-state index contributed by atoms with van der Waals surface area (Å²) in [5, 5.41) is 9.12. The van der Waals surface area contributed by atoms with Crippen molar-refractivity contribution in [2.45, 2.75) is 0 Å². The van der Waals surface area contributed by atoms with E-state index in [1.54, 1.807) is 0 Å². The Morgan fingerprint density at radius 3 is 2.20 bits per heavy atom. The number of carbonyl (C=O) groups is 1. The van der Waals surface area contributed by atoms with Gasteiger partial charge in [0.1, 0.15) is 5.82 Å². The predicted octanol–water partition coefficient (Wildman–Crippen LogP) is 5.80. The summed E-state index contributed by atoms with van der Waals surface area (Å²) in [5.74, 6) is -2.01. The molecule has 0 heterocycles. The fourth-order valence-electron chi connectivity index (χ4n) is 1.66. The van der Waals surface area contributed by atoms with Crippen molar-refractivity contribution in [2.24, 2.45) is 0 Å². The first-order valence-corrected chi connectivity index (χ1v) is 6.70. The molecule has 0 bridgehead atoms. The van der Waals surface area contributed by atoms with E-state index in [2.05, 4.69) is 0 Å². The van der Waals surface area contributed by atoms with E-state index in [0.717, 1.165) is 6.07 Å². The van der Waals surface area contributed by atoms with Gasteiger partial charge in [-0.05, 0) is 18.2 Å². The molecule has 0 unspecified atom stereocenters. The molecule has 0 radical (unpaired) electrons. The number of hydrogen-bond donors (Lipinski definition) is 1. The van der Waals surface area contributed by atoms with Crippen LogP contribution in [0.15, 0.2) is 24.3 Å². The van der Waals surface area contributed by atoms with Crippen LogP contribution in [0.4, 0.5) is 4.39 Å². The Morgan fingerprint density at radius 2 is 1.65 bits per heavy atom. The maximum atomic E-state index is 14.0. The molecule has 0 atom stereocenters. The molecule has 0 aliphatic carbocycles. The number of rotatable bonds is 2. The van der Waals surface area contributed by atoms with Crippen LogP contribution in [-0.2, 0) is 0 Å². The third kappa shape index (κ3) is 2.72. The number of aromatic carboxylic acids is 1. The van der Waals surface area contributed by atoms with Crippen LogP contribution < -0.4 is 0 Å². The van der Waals surface area contributed by atoms with E-state index in [9.17, 15) is 9.18 Å². The van der Waals surface area contributed by atoms with Gasteiger partial charge >= 0.3 is 5.97 Å². The Morgan fingerprint density at radius 1 is 1.00 bits per heavy atom. The molecule has 0 aromatic heterocycles. The minimum Gasteiger partial charge on any atom is -0.478 e. The van der Waals surface area contributed by atoms with Crippen molar-refractivity contribution >= 4 is 52.4 Å². The van der Waals surface area contributed by atoms with Crippen LogP contribution in [0.2, 0.25) is 20.1 Å². The van der Waals surface area contributed by atoms with Gasteiger partial charge < -0.3 is 5.11 Å². The zero-order chi connectivity index (χ0) is 15.0. The summed E-state index contributed by atoms with van der Waals surface area (Å²) in [7, 11) is 0. The monoisotopic (exact) mass is 352 g/mol. The molecule has 7 heteroatoms. The fourth-order valence-corrected chi connectivity index (χ4v) is 2.78. The van der Waals surface area contributed by atoms with Crippen LogP contribution in [0.5, 0.6) is 0 Å². The van der Waals surface area contributed by atoms with Crippen LogP contribution >= 0.6 is 46.4 Å². The van der Waals surface area contributed by atoms with Gasteiger partial charge in [-0.15, -0.1) is 0 Å². The van der Waals surface area contributed by atoms with E-state index in [1.165, 1.54) is 18.2 Å². The minimum atomic E-state index is -1.23. The lowest BCUT2D eigenvalue weighted by molar-refractivity contribution is 0.0696. The third-order valence-corrected chi connectivity index (χ3v) is 4.16. The lowest BCUT2D eigenvalue weighted by atomic mass is 10.0. The Balaban J connectivity index is 2.69. The summed E-state index contributed by atoms with van der Waals surface area (Å²) >= 11 is 23.7. The van der Waals surface area contributed by atoms with Crippen LogP contribution in [-0.4, -0.2) is 11.1 Å². The Kier molecular flexibility index (Phi) is 4.45. The second kappa shape index (κ2) is 5.78. The van der Waals surface area contributed by atoms with Gasteiger partial charge in [-0.3, -0.25) is 0 Å². The topological polar surface area (TPSA) is 37.3 Å². The van der Waals surface area contributed by atoms with Crippen LogP contribution in [0, 0.1) is 5.82 Å². The summed E-state index contributed by atoms with van der Waals surface area (Å²) in [5.41, 5.74) is 0.0271. The number of hydrogen-bond acceptors (Lipinski definition) is 1. The molecular weight excluding hydrogens is 349 g/mol. The van der Waals surface area contributed by atoms with Crippen molar-refractivity contribution in [1.29, 1.82) is 0 Å². The number of benzene rings is 2. The first kappa shape index (κ1) is 15.4. The van der Waals surface area contributed by atoms with Gasteiger partial charge in [0.15, 0.2) is 0 Å². The zero-order valence-electron chi connectivity index (χ0n) is 9.55. The molecule has 0 amide bonds. The molecule has 0 aliphatic heterocycles. The van der Waals surface area contributed by atoms with Crippen molar-refractivity contribution < 1.29 is 14.3 Å². The second-order valence-electron chi connectivity index (χ2n) is 3.84. The largest absolute Gasteiger partial charge is 0.478 e. The maximum absolute atomic E-state index is 14.0. The molecule has 104 valence electrons. The summed E-state index contributed by atoms with van der Waals surface area (Å²) in [6, 6.07) is 4.75.